The second kappa shape index (κ2) is 9.95. The maximum absolute atomic E-state index is 5.64. The van der Waals surface area contributed by atoms with Crippen LogP contribution in [0.15, 0.2) is 54.9 Å². The molecule has 0 N–H and O–H groups in total. The van der Waals surface area contributed by atoms with E-state index in [-0.39, 0.29) is 12.4 Å². The predicted octanol–water partition coefficient (Wildman–Crippen LogP) is 4.29. The third-order valence-corrected chi connectivity index (χ3v) is 5.33. The second-order valence-electron chi connectivity index (χ2n) is 6.46. The topological polar surface area (TPSA) is 11.4 Å². The van der Waals surface area contributed by atoms with Crippen molar-refractivity contribution in [3.05, 3.63) is 60.4 Å². The first-order chi connectivity index (χ1) is 11.8. The average Bonchev–Trinajstić information content (AvgIpc) is 3.16. The Kier molecular flexibility index (Phi) is 7.94. The highest BCUT2D eigenvalue weighted by atomic mass is 35.5. The lowest BCUT2D eigenvalue weighted by Gasteiger charge is -2.40. The van der Waals surface area contributed by atoms with Gasteiger partial charge < -0.3 is 4.90 Å². The van der Waals surface area contributed by atoms with E-state index in [1.807, 2.05) is 0 Å². The molecule has 3 nitrogen and oxygen atoms in total. The van der Waals surface area contributed by atoms with E-state index in [0.29, 0.717) is 6.04 Å². The van der Waals surface area contributed by atoms with Crippen LogP contribution in [0, 0.1) is 0 Å². The minimum atomic E-state index is 0. The van der Waals surface area contributed by atoms with Gasteiger partial charge in [-0.1, -0.05) is 49.5 Å². The molecule has 0 radical (unpaired) electrons. The molecule has 0 spiro atoms. The van der Waals surface area contributed by atoms with Crippen LogP contribution in [-0.4, -0.2) is 40.2 Å². The lowest BCUT2D eigenvalue weighted by molar-refractivity contribution is 0.208. The molecule has 1 aliphatic rings. The van der Waals surface area contributed by atoms with Gasteiger partial charge in [-0.15, -0.1) is 12.4 Å². The first-order valence-corrected chi connectivity index (χ1v) is 9.40. The van der Waals surface area contributed by atoms with E-state index in [0.717, 1.165) is 37.5 Å². The summed E-state index contributed by atoms with van der Waals surface area (Å²) in [6.07, 6.45) is 8.61. The number of nitrogens with zero attached hydrogens (tertiary/aromatic N) is 3. The highest BCUT2D eigenvalue weighted by molar-refractivity contribution is 7.80. The number of piperidine rings is 1. The number of hydrogen-bond acceptors (Lipinski definition) is 2. The van der Waals surface area contributed by atoms with Crippen LogP contribution in [0.3, 0.4) is 0 Å². The predicted molar refractivity (Wildman–Crippen MR) is 112 cm³/mol. The molecule has 5 heteroatoms. The van der Waals surface area contributed by atoms with Gasteiger partial charge in [-0.3, -0.25) is 9.69 Å². The van der Waals surface area contributed by atoms with Crippen molar-refractivity contribution in [1.82, 2.24) is 9.58 Å². The first-order valence-electron chi connectivity index (χ1n) is 8.99. The summed E-state index contributed by atoms with van der Waals surface area (Å²) in [6, 6.07) is 15.4. The van der Waals surface area contributed by atoms with Crippen molar-refractivity contribution in [2.24, 2.45) is 0 Å². The van der Waals surface area contributed by atoms with Crippen LogP contribution < -0.4 is 5.01 Å². The van der Waals surface area contributed by atoms with Crippen molar-refractivity contribution < 1.29 is 0 Å². The Morgan fingerprint density at radius 1 is 1.08 bits per heavy atom. The monoisotopic (exact) mass is 377 g/mol. The largest absolute Gasteiger partial charge is 0.303 e. The molecule has 2 aromatic rings. The number of halogens is 1. The second-order valence-corrected chi connectivity index (χ2v) is 6.93. The minimum Gasteiger partial charge on any atom is -0.303 e. The molecule has 25 heavy (non-hydrogen) atoms. The van der Waals surface area contributed by atoms with Gasteiger partial charge in [-0.25, -0.2) is 0 Å². The molecule has 1 aromatic carbocycles. The van der Waals surface area contributed by atoms with E-state index in [1.165, 1.54) is 18.4 Å². The normalized spacial score (nSPS) is 15.6. The zero-order valence-corrected chi connectivity index (χ0v) is 16.5. The van der Waals surface area contributed by atoms with Gasteiger partial charge in [0.05, 0.1) is 11.0 Å². The molecule has 0 atom stereocenters. The minimum absolute atomic E-state index is 0. The van der Waals surface area contributed by atoms with E-state index in [2.05, 4.69) is 76.4 Å². The van der Waals surface area contributed by atoms with Crippen molar-refractivity contribution in [2.45, 2.75) is 38.6 Å². The molecule has 1 fully saturated rings. The Morgan fingerprint density at radius 3 is 2.32 bits per heavy atom. The third-order valence-electron chi connectivity index (χ3n) is 4.86. The van der Waals surface area contributed by atoms with Crippen LogP contribution >= 0.6 is 24.6 Å². The van der Waals surface area contributed by atoms with E-state index >= 15 is 0 Å². The van der Waals surface area contributed by atoms with Crippen molar-refractivity contribution in [2.75, 3.05) is 24.6 Å². The third kappa shape index (κ3) is 5.30. The summed E-state index contributed by atoms with van der Waals surface area (Å²) < 4.78 is 2.16. The van der Waals surface area contributed by atoms with E-state index in [9.17, 15) is 0 Å². The summed E-state index contributed by atoms with van der Waals surface area (Å²) in [4.78, 5) is 3.63. The van der Waals surface area contributed by atoms with Crippen molar-refractivity contribution >= 4 is 29.6 Å². The molecule has 0 bridgehead atoms. The fourth-order valence-corrected chi connectivity index (χ4v) is 3.71. The smallest absolute Gasteiger partial charge is 0.0978 e. The van der Waals surface area contributed by atoms with Crippen LogP contribution in [0.4, 0.5) is 0 Å². The number of likely N-dealkylation sites (tertiary alicyclic amines) is 1. The number of aromatic nitrogens is 1. The summed E-state index contributed by atoms with van der Waals surface area (Å²) in [5.41, 5.74) is 1.43. The molecule has 1 saturated heterocycles. The van der Waals surface area contributed by atoms with Crippen molar-refractivity contribution in [3.63, 3.8) is 0 Å². The molecule has 1 aliphatic heterocycles. The Bertz CT molecular complexity index is 622. The van der Waals surface area contributed by atoms with Gasteiger partial charge in [0.25, 0.3) is 0 Å². The molecule has 2 heterocycles. The molecule has 1 aromatic heterocycles. The molecule has 0 unspecified atom stereocenters. The highest BCUT2D eigenvalue weighted by Gasteiger charge is 2.26. The van der Waals surface area contributed by atoms with Crippen LogP contribution in [0.5, 0.6) is 0 Å². The number of hydrogen-bond donors (Lipinski definition) is 0. The average molecular weight is 378 g/mol. The standard InChI is InChI=1S/C20H27N3S.ClH/c1-2-20(24)23(22-13-6-7-14-22)19-11-16-21(17-12-19)15-10-18-8-4-3-5-9-18;/h3-9,13-14,19H,2,10-12,15-17H2,1H3;1H. The molecular formula is C20H28ClN3S. The lowest BCUT2D eigenvalue weighted by atomic mass is 10.0. The molecular weight excluding hydrogens is 350 g/mol. The first kappa shape index (κ1) is 20.0. The summed E-state index contributed by atoms with van der Waals surface area (Å²) in [5, 5.41) is 2.32. The lowest BCUT2D eigenvalue weighted by Crippen LogP contribution is -2.51. The highest BCUT2D eigenvalue weighted by Crippen LogP contribution is 2.18. The fourth-order valence-electron chi connectivity index (χ4n) is 3.47. The zero-order valence-electron chi connectivity index (χ0n) is 14.9. The van der Waals surface area contributed by atoms with E-state index in [4.69, 9.17) is 12.2 Å². The van der Waals surface area contributed by atoms with Gasteiger partial charge in [0.1, 0.15) is 0 Å². The Morgan fingerprint density at radius 2 is 1.72 bits per heavy atom. The number of benzene rings is 1. The van der Waals surface area contributed by atoms with Gasteiger partial charge in [0.2, 0.25) is 0 Å². The molecule has 3 rings (SSSR count). The fraction of sp³-hybridized carbons (Fsp3) is 0.450. The SMILES string of the molecule is CCC(=S)N(C1CCN(CCc2ccccc2)CC1)n1cccc1.Cl. The maximum Gasteiger partial charge on any atom is 0.0978 e. The quantitative estimate of drug-likeness (QED) is 0.696. The zero-order chi connectivity index (χ0) is 16.8. The Hall–Kier alpha value is -1.36. The van der Waals surface area contributed by atoms with Crippen molar-refractivity contribution in [1.29, 1.82) is 0 Å². The molecule has 0 saturated carbocycles. The van der Waals surface area contributed by atoms with Crippen molar-refractivity contribution in [3.8, 4) is 0 Å². The van der Waals surface area contributed by atoms with Gasteiger partial charge in [0.15, 0.2) is 0 Å². The van der Waals surface area contributed by atoms with Gasteiger partial charge in [0, 0.05) is 32.0 Å². The molecule has 136 valence electrons. The van der Waals surface area contributed by atoms with Crippen LogP contribution in [0.2, 0.25) is 0 Å². The summed E-state index contributed by atoms with van der Waals surface area (Å²) >= 11 is 5.64. The summed E-state index contributed by atoms with van der Waals surface area (Å²) in [7, 11) is 0. The maximum atomic E-state index is 5.64. The Labute approximate surface area is 163 Å². The number of rotatable bonds is 6. The summed E-state index contributed by atoms with van der Waals surface area (Å²) in [6.45, 7) is 5.61. The summed E-state index contributed by atoms with van der Waals surface area (Å²) in [5.74, 6) is 0. The van der Waals surface area contributed by atoms with E-state index in [1.54, 1.807) is 0 Å². The molecule has 0 aliphatic carbocycles. The molecule has 0 amide bonds. The Balaban J connectivity index is 0.00000225. The van der Waals surface area contributed by atoms with Crippen LogP contribution in [-0.2, 0) is 6.42 Å². The van der Waals surface area contributed by atoms with Crippen LogP contribution in [0.25, 0.3) is 0 Å². The van der Waals surface area contributed by atoms with Gasteiger partial charge in [-0.2, -0.15) is 0 Å². The van der Waals surface area contributed by atoms with Gasteiger partial charge >= 0.3 is 0 Å². The van der Waals surface area contributed by atoms with Gasteiger partial charge in [-0.05, 0) is 43.4 Å². The number of thiocarbonyl (C=S) groups is 1. The van der Waals surface area contributed by atoms with Crippen LogP contribution in [0.1, 0.15) is 31.7 Å². The van der Waals surface area contributed by atoms with E-state index < -0.39 is 0 Å².